The molecule has 1 amide bonds. The van der Waals surface area contributed by atoms with Gasteiger partial charge < -0.3 is 10.0 Å². The molecule has 9 nitrogen and oxygen atoms in total. The number of amides is 1. The number of hydrogen-bond acceptors (Lipinski definition) is 6. The number of aryl methyl sites for hydroxylation is 2. The lowest BCUT2D eigenvalue weighted by atomic mass is 10.0. The number of likely N-dealkylation sites (tertiary alicyclic amines) is 1. The van der Waals surface area contributed by atoms with E-state index in [-0.39, 0.29) is 17.6 Å². The SMILES string of the molecule is Cc1ccc(-c2ccc3ncc4c(c3n2)n(C2CCN(C(=O)[C@H](C)O)CC2)c(=O)n4C)cn1. The first-order valence-electron chi connectivity index (χ1n) is 11.1. The Morgan fingerprint density at radius 3 is 2.55 bits per heavy atom. The molecule has 1 N–H and O–H groups in total. The summed E-state index contributed by atoms with van der Waals surface area (Å²) in [4.78, 5) is 40.9. The summed E-state index contributed by atoms with van der Waals surface area (Å²) in [6.07, 6.45) is 3.75. The Hall–Kier alpha value is -3.59. The predicted molar refractivity (Wildman–Crippen MR) is 125 cm³/mol. The van der Waals surface area contributed by atoms with Gasteiger partial charge in [-0.05, 0) is 51.0 Å². The fourth-order valence-corrected chi connectivity index (χ4v) is 4.61. The normalized spacial score (nSPS) is 15.9. The average molecular weight is 447 g/mol. The fourth-order valence-electron chi connectivity index (χ4n) is 4.61. The van der Waals surface area contributed by atoms with E-state index in [0.29, 0.717) is 37.0 Å². The number of fused-ring (bicyclic) bond motifs is 3. The number of pyridine rings is 3. The largest absolute Gasteiger partial charge is 0.384 e. The van der Waals surface area contributed by atoms with Crippen LogP contribution in [0.3, 0.4) is 0 Å². The number of imidazole rings is 1. The van der Waals surface area contributed by atoms with Crippen molar-refractivity contribution in [2.24, 2.45) is 7.05 Å². The first kappa shape index (κ1) is 21.3. The minimum absolute atomic E-state index is 0.0728. The van der Waals surface area contributed by atoms with Crippen molar-refractivity contribution in [3.8, 4) is 11.3 Å². The molecule has 0 spiro atoms. The maximum Gasteiger partial charge on any atom is 0.329 e. The Bertz CT molecular complexity index is 1410. The van der Waals surface area contributed by atoms with Gasteiger partial charge in [-0.15, -0.1) is 0 Å². The van der Waals surface area contributed by atoms with Gasteiger partial charge in [0.1, 0.15) is 11.6 Å². The molecule has 0 radical (unpaired) electrons. The Morgan fingerprint density at radius 2 is 1.88 bits per heavy atom. The second-order valence-corrected chi connectivity index (χ2v) is 8.69. The van der Waals surface area contributed by atoms with Crippen molar-refractivity contribution < 1.29 is 9.90 Å². The number of aliphatic hydroxyl groups is 1. The van der Waals surface area contributed by atoms with Crippen molar-refractivity contribution >= 4 is 28.0 Å². The van der Waals surface area contributed by atoms with Gasteiger partial charge in [-0.2, -0.15) is 0 Å². The quantitative estimate of drug-likeness (QED) is 0.517. The fraction of sp³-hybridized carbons (Fsp3) is 0.375. The first-order valence-corrected chi connectivity index (χ1v) is 11.1. The van der Waals surface area contributed by atoms with Crippen molar-refractivity contribution in [2.75, 3.05) is 13.1 Å². The van der Waals surface area contributed by atoms with E-state index in [1.54, 1.807) is 28.9 Å². The van der Waals surface area contributed by atoms with Crippen LogP contribution in [-0.2, 0) is 11.8 Å². The molecule has 5 heterocycles. The van der Waals surface area contributed by atoms with Crippen LogP contribution in [0.2, 0.25) is 0 Å². The van der Waals surface area contributed by atoms with Crippen LogP contribution >= 0.6 is 0 Å². The Morgan fingerprint density at radius 1 is 1.12 bits per heavy atom. The highest BCUT2D eigenvalue weighted by molar-refractivity contribution is 6.00. The summed E-state index contributed by atoms with van der Waals surface area (Å²) in [5.41, 5.74) is 5.35. The first-order chi connectivity index (χ1) is 15.8. The zero-order valence-corrected chi connectivity index (χ0v) is 18.9. The van der Waals surface area contributed by atoms with Crippen LogP contribution in [0.1, 0.15) is 31.5 Å². The molecule has 1 fully saturated rings. The van der Waals surface area contributed by atoms with E-state index in [0.717, 1.165) is 28.0 Å². The number of aliphatic hydroxyl groups excluding tert-OH is 1. The predicted octanol–water partition coefficient (Wildman–Crippen LogP) is 2.20. The molecule has 1 aliphatic rings. The lowest BCUT2D eigenvalue weighted by Crippen LogP contribution is -2.44. The molecule has 1 saturated heterocycles. The maximum atomic E-state index is 13.3. The lowest BCUT2D eigenvalue weighted by Gasteiger charge is -2.33. The van der Waals surface area contributed by atoms with Gasteiger partial charge in [-0.25, -0.2) is 9.78 Å². The van der Waals surface area contributed by atoms with Gasteiger partial charge in [0.25, 0.3) is 5.91 Å². The molecular weight excluding hydrogens is 420 g/mol. The van der Waals surface area contributed by atoms with Gasteiger partial charge in [0.15, 0.2) is 0 Å². The standard InChI is InChI=1S/C24H26N6O3/c1-14-4-5-16(12-25-14)18-6-7-19-21(27-18)22-20(13-26-19)28(3)24(33)30(22)17-8-10-29(11-9-17)23(32)15(2)31/h4-7,12-13,15,17,31H,8-11H2,1-3H3/t15-/m0/s1. The highest BCUT2D eigenvalue weighted by Crippen LogP contribution is 2.30. The number of hydrogen-bond donors (Lipinski definition) is 1. The van der Waals surface area contributed by atoms with Crippen LogP contribution in [0.4, 0.5) is 0 Å². The Kier molecular flexibility index (Phi) is 5.20. The van der Waals surface area contributed by atoms with E-state index >= 15 is 0 Å². The minimum atomic E-state index is -1.02. The maximum absolute atomic E-state index is 13.3. The molecule has 4 aromatic rings. The van der Waals surface area contributed by atoms with E-state index in [4.69, 9.17) is 4.98 Å². The molecule has 0 aliphatic carbocycles. The third-order valence-corrected chi connectivity index (χ3v) is 6.47. The average Bonchev–Trinajstić information content (AvgIpc) is 3.09. The third kappa shape index (κ3) is 3.58. The molecule has 4 aromatic heterocycles. The van der Waals surface area contributed by atoms with Crippen molar-refractivity contribution in [1.29, 1.82) is 0 Å². The highest BCUT2D eigenvalue weighted by atomic mass is 16.3. The smallest absolute Gasteiger partial charge is 0.329 e. The summed E-state index contributed by atoms with van der Waals surface area (Å²) in [6, 6.07) is 7.69. The monoisotopic (exact) mass is 446 g/mol. The molecule has 0 unspecified atom stereocenters. The number of carbonyl (C=O) groups is 1. The van der Waals surface area contributed by atoms with E-state index < -0.39 is 6.10 Å². The van der Waals surface area contributed by atoms with Crippen LogP contribution in [-0.4, -0.2) is 59.2 Å². The lowest BCUT2D eigenvalue weighted by molar-refractivity contribution is -0.140. The number of aromatic nitrogens is 5. The zero-order chi connectivity index (χ0) is 23.3. The molecule has 9 heteroatoms. The summed E-state index contributed by atoms with van der Waals surface area (Å²) in [6.45, 7) is 4.41. The second kappa shape index (κ2) is 8.08. The van der Waals surface area contributed by atoms with Gasteiger partial charge in [0.2, 0.25) is 0 Å². The van der Waals surface area contributed by atoms with Crippen molar-refractivity contribution in [3.63, 3.8) is 0 Å². The summed E-state index contributed by atoms with van der Waals surface area (Å²) in [5.74, 6) is -0.272. The Labute approximate surface area is 190 Å². The van der Waals surface area contributed by atoms with Gasteiger partial charge in [-0.3, -0.25) is 23.9 Å². The number of nitrogens with zero attached hydrogens (tertiary/aromatic N) is 6. The summed E-state index contributed by atoms with van der Waals surface area (Å²) >= 11 is 0. The van der Waals surface area contributed by atoms with Crippen LogP contribution < -0.4 is 5.69 Å². The van der Waals surface area contributed by atoms with E-state index in [1.165, 1.54) is 6.92 Å². The molecule has 0 aromatic carbocycles. The molecule has 170 valence electrons. The molecule has 0 bridgehead atoms. The van der Waals surface area contributed by atoms with Crippen LogP contribution in [0.25, 0.3) is 33.3 Å². The minimum Gasteiger partial charge on any atom is -0.384 e. The molecule has 0 saturated carbocycles. The summed E-state index contributed by atoms with van der Waals surface area (Å²) in [5, 5.41) is 9.63. The Balaban J connectivity index is 1.62. The molecule has 33 heavy (non-hydrogen) atoms. The van der Waals surface area contributed by atoms with Crippen LogP contribution in [0.5, 0.6) is 0 Å². The van der Waals surface area contributed by atoms with Crippen LogP contribution in [0, 0.1) is 6.92 Å². The van der Waals surface area contributed by atoms with E-state index in [1.807, 2.05) is 35.8 Å². The zero-order valence-electron chi connectivity index (χ0n) is 18.9. The second-order valence-electron chi connectivity index (χ2n) is 8.69. The van der Waals surface area contributed by atoms with Crippen molar-refractivity contribution in [1.82, 2.24) is 29.0 Å². The van der Waals surface area contributed by atoms with Crippen molar-refractivity contribution in [2.45, 2.75) is 38.8 Å². The summed E-state index contributed by atoms with van der Waals surface area (Å²) in [7, 11) is 1.74. The summed E-state index contributed by atoms with van der Waals surface area (Å²) < 4.78 is 3.42. The molecule has 1 atom stereocenters. The molecule has 1 aliphatic heterocycles. The number of piperidine rings is 1. The van der Waals surface area contributed by atoms with E-state index in [2.05, 4.69) is 9.97 Å². The third-order valence-electron chi connectivity index (χ3n) is 6.47. The molecule has 5 rings (SSSR count). The van der Waals surface area contributed by atoms with Crippen LogP contribution in [0.15, 0.2) is 41.5 Å². The topological polar surface area (TPSA) is 106 Å². The number of carbonyl (C=O) groups excluding carboxylic acids is 1. The van der Waals surface area contributed by atoms with Gasteiger partial charge in [0.05, 0.1) is 28.4 Å². The van der Waals surface area contributed by atoms with Crippen molar-refractivity contribution in [3.05, 3.63) is 52.8 Å². The van der Waals surface area contributed by atoms with Gasteiger partial charge >= 0.3 is 5.69 Å². The van der Waals surface area contributed by atoms with Gasteiger partial charge in [-0.1, -0.05) is 0 Å². The highest BCUT2D eigenvalue weighted by Gasteiger charge is 2.29. The van der Waals surface area contributed by atoms with Gasteiger partial charge in [0, 0.05) is 43.6 Å². The number of rotatable bonds is 3. The molecular formula is C24H26N6O3. The van der Waals surface area contributed by atoms with E-state index in [9.17, 15) is 14.7 Å².